The summed E-state index contributed by atoms with van der Waals surface area (Å²) in [4.78, 5) is 30.0. The summed E-state index contributed by atoms with van der Waals surface area (Å²) in [7, 11) is 1.62. The van der Waals surface area contributed by atoms with Crippen LogP contribution < -0.4 is 4.74 Å². The predicted molar refractivity (Wildman–Crippen MR) is 127 cm³/mol. The van der Waals surface area contributed by atoms with Crippen LogP contribution in [0.25, 0.3) is 0 Å². The molecule has 0 N–H and O–H groups in total. The molecule has 0 spiro atoms. The molecule has 0 aliphatic carbocycles. The van der Waals surface area contributed by atoms with E-state index in [0.717, 1.165) is 30.1 Å². The number of amides is 2. The van der Waals surface area contributed by atoms with E-state index in [9.17, 15) is 9.59 Å². The maximum atomic E-state index is 13.4. The molecule has 2 aliphatic rings. The van der Waals surface area contributed by atoms with Crippen LogP contribution in [0.3, 0.4) is 0 Å². The van der Waals surface area contributed by atoms with Gasteiger partial charge in [-0.05, 0) is 42.0 Å². The minimum Gasteiger partial charge on any atom is -0.497 e. The topological polar surface area (TPSA) is 87.8 Å². The van der Waals surface area contributed by atoms with Crippen LogP contribution in [-0.4, -0.2) is 85.4 Å². The summed E-state index contributed by atoms with van der Waals surface area (Å²) in [6, 6.07) is 10.9. The van der Waals surface area contributed by atoms with Crippen molar-refractivity contribution in [2.75, 3.05) is 53.0 Å². The number of nitrogens with zero attached hydrogens (tertiary/aromatic N) is 4. The zero-order valence-electron chi connectivity index (χ0n) is 19.8. The van der Waals surface area contributed by atoms with Gasteiger partial charge in [0.2, 0.25) is 5.91 Å². The van der Waals surface area contributed by atoms with E-state index in [4.69, 9.17) is 13.9 Å². The fourth-order valence-corrected chi connectivity index (χ4v) is 4.24. The number of benzene rings is 1. The van der Waals surface area contributed by atoms with Gasteiger partial charge in [0.05, 0.1) is 32.3 Å². The molecular weight excluding hydrogens is 436 g/mol. The van der Waals surface area contributed by atoms with E-state index in [0.29, 0.717) is 44.9 Å². The van der Waals surface area contributed by atoms with Crippen molar-refractivity contribution in [3.05, 3.63) is 54.0 Å². The Morgan fingerprint density at radius 3 is 2.59 bits per heavy atom. The fourth-order valence-electron chi connectivity index (χ4n) is 4.24. The van der Waals surface area contributed by atoms with Crippen LogP contribution in [0, 0.1) is 0 Å². The molecule has 1 fully saturated rings. The number of hydrazone groups is 1. The number of carbonyl (C=O) groups is 2. The molecule has 2 aromatic rings. The van der Waals surface area contributed by atoms with Gasteiger partial charge in [0.15, 0.2) is 0 Å². The Kier molecular flexibility index (Phi) is 7.97. The molecule has 9 heteroatoms. The molecule has 9 nitrogen and oxygen atoms in total. The Hall–Kier alpha value is -3.17. The molecule has 182 valence electrons. The highest BCUT2D eigenvalue weighted by atomic mass is 16.5. The summed E-state index contributed by atoms with van der Waals surface area (Å²) in [5, 5.41) is 6.15. The quantitative estimate of drug-likeness (QED) is 0.562. The number of furan rings is 1. The molecule has 4 rings (SSSR count). The first-order chi connectivity index (χ1) is 16.6. The molecular formula is C25H32N4O5. The number of methoxy groups -OCH3 is 1. The van der Waals surface area contributed by atoms with Gasteiger partial charge in [0, 0.05) is 39.0 Å². The van der Waals surface area contributed by atoms with Crippen LogP contribution in [-0.2, 0) is 14.3 Å². The van der Waals surface area contributed by atoms with Gasteiger partial charge in [-0.15, -0.1) is 0 Å². The van der Waals surface area contributed by atoms with E-state index in [1.165, 1.54) is 5.01 Å². The average molecular weight is 469 g/mol. The van der Waals surface area contributed by atoms with Crippen LogP contribution >= 0.6 is 0 Å². The lowest BCUT2D eigenvalue weighted by atomic mass is 10.0. The largest absolute Gasteiger partial charge is 0.497 e. The average Bonchev–Trinajstić information content (AvgIpc) is 3.57. The molecule has 1 aromatic heterocycles. The van der Waals surface area contributed by atoms with Crippen LogP contribution in [0.15, 0.2) is 52.2 Å². The Bertz CT molecular complexity index is 983. The van der Waals surface area contributed by atoms with Gasteiger partial charge in [-0.3, -0.25) is 14.5 Å². The molecule has 1 saturated heterocycles. The van der Waals surface area contributed by atoms with Crippen LogP contribution in [0.1, 0.15) is 37.1 Å². The standard InChI is InChI=1S/C25H32N4O5/c1-3-24(30)28(11-10-27-12-15-33-16-13-27)18-25(31)29-22(23-5-4-14-34-23)17-21(26-29)19-6-8-20(32-2)9-7-19/h4-9,14,22H,3,10-13,15-18H2,1-2H3/t22-/m1/s1. The molecule has 2 aliphatic heterocycles. The third-order valence-corrected chi connectivity index (χ3v) is 6.23. The second kappa shape index (κ2) is 11.3. The molecule has 0 saturated carbocycles. The van der Waals surface area contributed by atoms with Crippen LogP contribution in [0.5, 0.6) is 5.75 Å². The lowest BCUT2D eigenvalue weighted by Gasteiger charge is -2.30. The van der Waals surface area contributed by atoms with Crippen molar-refractivity contribution >= 4 is 17.5 Å². The summed E-state index contributed by atoms with van der Waals surface area (Å²) in [6.07, 6.45) is 2.47. The first kappa shape index (κ1) is 24.0. The van der Waals surface area contributed by atoms with E-state index in [2.05, 4.69) is 10.0 Å². The second-order valence-electron chi connectivity index (χ2n) is 8.37. The summed E-state index contributed by atoms with van der Waals surface area (Å²) < 4.78 is 16.3. The first-order valence-corrected chi connectivity index (χ1v) is 11.7. The van der Waals surface area contributed by atoms with Gasteiger partial charge in [0.25, 0.3) is 5.91 Å². The van der Waals surface area contributed by atoms with Crippen LogP contribution in [0.2, 0.25) is 0 Å². The Morgan fingerprint density at radius 2 is 1.94 bits per heavy atom. The number of carbonyl (C=O) groups excluding carboxylic acids is 2. The monoisotopic (exact) mass is 468 g/mol. The highest BCUT2D eigenvalue weighted by Crippen LogP contribution is 2.33. The summed E-state index contributed by atoms with van der Waals surface area (Å²) in [5.41, 5.74) is 1.71. The zero-order valence-corrected chi connectivity index (χ0v) is 19.8. The molecule has 2 amide bonds. The second-order valence-corrected chi connectivity index (χ2v) is 8.37. The van der Waals surface area contributed by atoms with E-state index in [1.807, 2.05) is 37.3 Å². The Morgan fingerprint density at radius 1 is 1.18 bits per heavy atom. The van der Waals surface area contributed by atoms with Gasteiger partial charge in [-0.1, -0.05) is 6.92 Å². The minimum atomic E-state index is -0.350. The number of hydrogen-bond acceptors (Lipinski definition) is 7. The van der Waals surface area contributed by atoms with Gasteiger partial charge >= 0.3 is 0 Å². The SMILES string of the molecule is CCC(=O)N(CCN1CCOCC1)CC(=O)N1N=C(c2ccc(OC)cc2)C[C@@H]1c1ccco1. The van der Waals surface area contributed by atoms with Crippen molar-refractivity contribution in [1.29, 1.82) is 0 Å². The molecule has 0 bridgehead atoms. The maximum absolute atomic E-state index is 13.4. The van der Waals surface area contributed by atoms with Crippen molar-refractivity contribution in [2.45, 2.75) is 25.8 Å². The lowest BCUT2D eigenvalue weighted by molar-refractivity contribution is -0.142. The zero-order chi connectivity index (χ0) is 23.9. The molecule has 0 unspecified atom stereocenters. The van der Waals surface area contributed by atoms with Crippen molar-refractivity contribution < 1.29 is 23.5 Å². The number of hydrogen-bond donors (Lipinski definition) is 0. The molecule has 1 aromatic carbocycles. The van der Waals surface area contributed by atoms with E-state index in [-0.39, 0.29) is 24.4 Å². The Balaban J connectivity index is 1.50. The number of rotatable bonds is 9. The number of morpholine rings is 1. The predicted octanol–water partition coefficient (Wildman–Crippen LogP) is 2.54. The summed E-state index contributed by atoms with van der Waals surface area (Å²) in [5.74, 6) is 1.15. The molecule has 3 heterocycles. The highest BCUT2D eigenvalue weighted by molar-refractivity contribution is 6.03. The minimum absolute atomic E-state index is 0.0202. The summed E-state index contributed by atoms with van der Waals surface area (Å²) >= 11 is 0. The molecule has 34 heavy (non-hydrogen) atoms. The summed E-state index contributed by atoms with van der Waals surface area (Å²) in [6.45, 7) is 6.07. The Labute approximate surface area is 199 Å². The van der Waals surface area contributed by atoms with Gasteiger partial charge in [-0.25, -0.2) is 5.01 Å². The maximum Gasteiger partial charge on any atom is 0.262 e. The van der Waals surface area contributed by atoms with Crippen molar-refractivity contribution in [3.63, 3.8) is 0 Å². The smallest absolute Gasteiger partial charge is 0.262 e. The van der Waals surface area contributed by atoms with E-state index >= 15 is 0 Å². The normalized spacial score (nSPS) is 18.6. The van der Waals surface area contributed by atoms with E-state index in [1.54, 1.807) is 24.3 Å². The lowest BCUT2D eigenvalue weighted by Crippen LogP contribution is -2.46. The third kappa shape index (κ3) is 5.66. The number of ether oxygens (including phenoxy) is 2. The fraction of sp³-hybridized carbons (Fsp3) is 0.480. The molecule has 0 radical (unpaired) electrons. The van der Waals surface area contributed by atoms with E-state index < -0.39 is 0 Å². The van der Waals surface area contributed by atoms with Crippen molar-refractivity contribution in [3.8, 4) is 5.75 Å². The first-order valence-electron chi connectivity index (χ1n) is 11.7. The van der Waals surface area contributed by atoms with Crippen LogP contribution in [0.4, 0.5) is 0 Å². The van der Waals surface area contributed by atoms with Gasteiger partial charge in [0.1, 0.15) is 24.1 Å². The van der Waals surface area contributed by atoms with Crippen molar-refractivity contribution in [2.24, 2.45) is 5.10 Å². The van der Waals surface area contributed by atoms with Gasteiger partial charge in [-0.2, -0.15) is 5.10 Å². The molecule has 1 atom stereocenters. The third-order valence-electron chi connectivity index (χ3n) is 6.23. The van der Waals surface area contributed by atoms with Gasteiger partial charge < -0.3 is 18.8 Å². The highest BCUT2D eigenvalue weighted by Gasteiger charge is 2.36. The van der Waals surface area contributed by atoms with Crippen molar-refractivity contribution in [1.82, 2.24) is 14.8 Å².